The average Bonchev–Trinajstić information content (AvgIpc) is 2.60. The van der Waals surface area contributed by atoms with Crippen LogP contribution in [0.3, 0.4) is 0 Å². The Labute approximate surface area is 153 Å². The number of carbonyl (C=O) groups is 2. The van der Waals surface area contributed by atoms with Gasteiger partial charge in [0.25, 0.3) is 5.91 Å². The van der Waals surface area contributed by atoms with E-state index in [4.69, 9.17) is 14.6 Å². The summed E-state index contributed by atoms with van der Waals surface area (Å²) in [5, 5.41) is 7.95. The molecule has 26 heavy (non-hydrogen) atoms. The lowest BCUT2D eigenvalue weighted by atomic mass is 9.86. The Morgan fingerprint density at radius 2 is 1.96 bits per heavy atom. The first-order chi connectivity index (χ1) is 12.2. The molecule has 1 aromatic rings. The lowest BCUT2D eigenvalue weighted by Gasteiger charge is -2.29. The van der Waals surface area contributed by atoms with E-state index in [1.165, 1.54) is 19.2 Å². The normalized spacial score (nSPS) is 20.3. The monoisotopic (exact) mass is 384 g/mol. The van der Waals surface area contributed by atoms with E-state index >= 15 is 0 Å². The van der Waals surface area contributed by atoms with Crippen molar-refractivity contribution < 1.29 is 27.5 Å². The molecule has 9 heteroatoms. The number of methoxy groups -OCH3 is 1. The largest absolute Gasteiger partial charge is 0.496 e. The summed E-state index contributed by atoms with van der Waals surface area (Å²) in [5.74, 6) is -0.739. The van der Waals surface area contributed by atoms with E-state index < -0.39 is 28.5 Å². The predicted octanol–water partition coefficient (Wildman–Crippen LogP) is 1.19. The van der Waals surface area contributed by atoms with E-state index in [-0.39, 0.29) is 22.3 Å². The molecule has 0 aromatic heterocycles. The van der Waals surface area contributed by atoms with Crippen molar-refractivity contribution in [3.63, 3.8) is 0 Å². The van der Waals surface area contributed by atoms with Gasteiger partial charge in [-0.15, -0.1) is 0 Å². The van der Waals surface area contributed by atoms with Gasteiger partial charge >= 0.3 is 5.97 Å². The molecule has 1 saturated carbocycles. The molecule has 8 nitrogen and oxygen atoms in total. The topological polar surface area (TPSA) is 125 Å². The second-order valence-corrected chi connectivity index (χ2v) is 7.98. The molecule has 0 radical (unpaired) electrons. The standard InChI is InChI=1S/C17H24N2O6S/c1-11-5-3-4-6-14(11)19-16(20)10-25-17(21)13-9-12(26(18,22)23)7-8-15(13)24-2/h7-9,11,14H,3-6,10H2,1-2H3,(H,19,20)(H2,18,22,23)/t11-,14-/m1/s1. The minimum Gasteiger partial charge on any atom is -0.496 e. The molecule has 0 unspecified atom stereocenters. The van der Waals surface area contributed by atoms with Crippen molar-refractivity contribution >= 4 is 21.9 Å². The van der Waals surface area contributed by atoms with Gasteiger partial charge < -0.3 is 14.8 Å². The summed E-state index contributed by atoms with van der Waals surface area (Å²) in [6.07, 6.45) is 4.18. The van der Waals surface area contributed by atoms with E-state index in [0.29, 0.717) is 5.92 Å². The number of carbonyl (C=O) groups excluding carboxylic acids is 2. The van der Waals surface area contributed by atoms with Gasteiger partial charge in [0, 0.05) is 6.04 Å². The van der Waals surface area contributed by atoms with Gasteiger partial charge in [0.2, 0.25) is 10.0 Å². The molecular formula is C17H24N2O6S. The summed E-state index contributed by atoms with van der Waals surface area (Å²) in [5.41, 5.74) is -0.113. The first-order valence-corrected chi connectivity index (χ1v) is 9.94. The van der Waals surface area contributed by atoms with Crippen molar-refractivity contribution in [2.45, 2.75) is 43.5 Å². The molecule has 0 heterocycles. The number of hydrogen-bond acceptors (Lipinski definition) is 6. The van der Waals surface area contributed by atoms with Crippen molar-refractivity contribution in [2.24, 2.45) is 11.1 Å². The Balaban J connectivity index is 2.01. The Kier molecular flexibility index (Phi) is 6.60. The molecule has 1 fully saturated rings. The second-order valence-electron chi connectivity index (χ2n) is 6.42. The third-order valence-electron chi connectivity index (χ3n) is 4.51. The number of primary sulfonamides is 1. The Morgan fingerprint density at radius 3 is 2.58 bits per heavy atom. The molecule has 0 aliphatic heterocycles. The highest BCUT2D eigenvalue weighted by Crippen LogP contribution is 2.24. The lowest BCUT2D eigenvalue weighted by molar-refractivity contribution is -0.125. The van der Waals surface area contributed by atoms with Crippen molar-refractivity contribution in [3.8, 4) is 5.75 Å². The Hall–Kier alpha value is -2.13. The number of hydrogen-bond donors (Lipinski definition) is 2. The maximum absolute atomic E-state index is 12.2. The highest BCUT2D eigenvalue weighted by molar-refractivity contribution is 7.89. The molecule has 1 aromatic carbocycles. The molecule has 0 bridgehead atoms. The van der Waals surface area contributed by atoms with Gasteiger partial charge in [-0.1, -0.05) is 19.8 Å². The zero-order valence-corrected chi connectivity index (χ0v) is 15.7. The Morgan fingerprint density at radius 1 is 1.27 bits per heavy atom. The quantitative estimate of drug-likeness (QED) is 0.710. The average molecular weight is 384 g/mol. The SMILES string of the molecule is COc1ccc(S(N)(=O)=O)cc1C(=O)OCC(=O)N[C@@H]1CCCC[C@H]1C. The molecule has 0 saturated heterocycles. The van der Waals surface area contributed by atoms with Crippen LogP contribution in [-0.4, -0.2) is 40.1 Å². The number of ether oxygens (including phenoxy) is 2. The molecule has 1 aliphatic carbocycles. The van der Waals surface area contributed by atoms with Crippen molar-refractivity contribution in [1.82, 2.24) is 5.32 Å². The number of benzene rings is 1. The maximum atomic E-state index is 12.2. The van der Waals surface area contributed by atoms with Crippen molar-refractivity contribution in [2.75, 3.05) is 13.7 Å². The summed E-state index contributed by atoms with van der Waals surface area (Å²) >= 11 is 0. The summed E-state index contributed by atoms with van der Waals surface area (Å²) < 4.78 is 32.9. The van der Waals surface area contributed by atoms with Gasteiger partial charge in [-0.05, 0) is 37.0 Å². The fourth-order valence-corrected chi connectivity index (χ4v) is 3.55. The molecule has 3 N–H and O–H groups in total. The van der Waals surface area contributed by atoms with Crippen LogP contribution in [0.1, 0.15) is 43.0 Å². The third kappa shape index (κ3) is 5.18. The third-order valence-corrected chi connectivity index (χ3v) is 5.42. The molecular weight excluding hydrogens is 360 g/mol. The summed E-state index contributed by atoms with van der Waals surface area (Å²) in [6.45, 7) is 1.63. The number of nitrogens with two attached hydrogens (primary N) is 1. The number of rotatable bonds is 6. The molecule has 0 spiro atoms. The van der Waals surface area contributed by atoms with E-state index in [1.807, 2.05) is 0 Å². The van der Waals surface area contributed by atoms with Crippen LogP contribution in [0.15, 0.2) is 23.1 Å². The van der Waals surface area contributed by atoms with E-state index in [9.17, 15) is 18.0 Å². The van der Waals surface area contributed by atoms with E-state index in [1.54, 1.807) is 0 Å². The highest BCUT2D eigenvalue weighted by atomic mass is 32.2. The predicted molar refractivity (Wildman–Crippen MR) is 94.2 cm³/mol. The van der Waals surface area contributed by atoms with Gasteiger partial charge in [-0.2, -0.15) is 0 Å². The van der Waals surface area contributed by atoms with Gasteiger partial charge in [-0.25, -0.2) is 18.4 Å². The van der Waals surface area contributed by atoms with Crippen LogP contribution in [0.4, 0.5) is 0 Å². The summed E-state index contributed by atoms with van der Waals surface area (Å²) in [7, 11) is -2.65. The fourth-order valence-electron chi connectivity index (χ4n) is 3.01. The maximum Gasteiger partial charge on any atom is 0.342 e. The van der Waals surface area contributed by atoms with Crippen molar-refractivity contribution in [1.29, 1.82) is 0 Å². The minimum atomic E-state index is -3.98. The summed E-state index contributed by atoms with van der Waals surface area (Å²) in [4.78, 5) is 24.0. The van der Waals surface area contributed by atoms with Crippen molar-refractivity contribution in [3.05, 3.63) is 23.8 Å². The Bertz CT molecular complexity index is 777. The highest BCUT2D eigenvalue weighted by Gasteiger charge is 2.24. The summed E-state index contributed by atoms with van der Waals surface area (Å²) in [6, 6.07) is 3.68. The minimum absolute atomic E-state index is 0.0789. The van der Waals surface area contributed by atoms with Crippen LogP contribution in [0.2, 0.25) is 0 Å². The fraction of sp³-hybridized carbons (Fsp3) is 0.529. The zero-order chi connectivity index (χ0) is 19.3. The number of esters is 1. The smallest absolute Gasteiger partial charge is 0.342 e. The second kappa shape index (κ2) is 8.50. The van der Waals surface area contributed by atoms with Gasteiger partial charge in [0.1, 0.15) is 11.3 Å². The van der Waals surface area contributed by atoms with E-state index in [0.717, 1.165) is 31.7 Å². The first-order valence-electron chi connectivity index (χ1n) is 8.39. The molecule has 1 amide bonds. The van der Waals surface area contributed by atoms with Crippen LogP contribution >= 0.6 is 0 Å². The van der Waals surface area contributed by atoms with Crippen LogP contribution in [0.5, 0.6) is 5.75 Å². The molecule has 1 aliphatic rings. The molecule has 144 valence electrons. The van der Waals surface area contributed by atoms with Crippen LogP contribution < -0.4 is 15.2 Å². The zero-order valence-electron chi connectivity index (χ0n) is 14.9. The molecule has 2 atom stereocenters. The number of sulfonamides is 1. The first kappa shape index (κ1) is 20.2. The van der Waals surface area contributed by atoms with Crippen LogP contribution in [0.25, 0.3) is 0 Å². The number of nitrogens with one attached hydrogen (secondary N) is 1. The van der Waals surface area contributed by atoms with Gasteiger partial charge in [0.05, 0.1) is 12.0 Å². The number of amides is 1. The van der Waals surface area contributed by atoms with Crippen LogP contribution in [-0.2, 0) is 19.6 Å². The van der Waals surface area contributed by atoms with Crippen LogP contribution in [0, 0.1) is 5.92 Å². The van der Waals surface area contributed by atoms with E-state index in [2.05, 4.69) is 12.2 Å². The molecule has 2 rings (SSSR count). The van der Waals surface area contributed by atoms with Gasteiger partial charge in [-0.3, -0.25) is 4.79 Å². The lowest BCUT2D eigenvalue weighted by Crippen LogP contribution is -2.42. The van der Waals surface area contributed by atoms with Gasteiger partial charge in [0.15, 0.2) is 6.61 Å².